The van der Waals surface area contributed by atoms with E-state index in [1.54, 1.807) is 18.4 Å². The Hall–Kier alpha value is -2.60. The molecule has 0 fully saturated rings. The van der Waals surface area contributed by atoms with E-state index in [4.69, 9.17) is 10.6 Å². The first-order valence-corrected chi connectivity index (χ1v) is 7.42. The highest BCUT2D eigenvalue weighted by atomic mass is 16.5. The van der Waals surface area contributed by atoms with Gasteiger partial charge in [-0.15, -0.1) is 0 Å². The zero-order valence-electron chi connectivity index (χ0n) is 13.6. The molecule has 3 N–H and O–H groups in total. The molecule has 0 saturated heterocycles. The van der Waals surface area contributed by atoms with Gasteiger partial charge in [0, 0.05) is 5.69 Å². The van der Waals surface area contributed by atoms with Gasteiger partial charge in [-0.05, 0) is 31.9 Å². The van der Waals surface area contributed by atoms with Gasteiger partial charge < -0.3 is 9.30 Å². The van der Waals surface area contributed by atoms with Gasteiger partial charge in [0.25, 0.3) is 5.91 Å². The fourth-order valence-electron chi connectivity index (χ4n) is 2.75. The van der Waals surface area contributed by atoms with Crippen molar-refractivity contribution in [1.29, 1.82) is 0 Å². The Morgan fingerprint density at radius 2 is 1.87 bits per heavy atom. The van der Waals surface area contributed by atoms with Crippen LogP contribution in [0.25, 0.3) is 11.3 Å². The Labute approximate surface area is 135 Å². The lowest BCUT2D eigenvalue weighted by atomic mass is 10.1. The molecule has 1 heterocycles. The van der Waals surface area contributed by atoms with Crippen LogP contribution in [-0.4, -0.2) is 23.1 Å². The molecule has 0 aliphatic heterocycles. The number of hydrogen-bond acceptors (Lipinski definition) is 4. The summed E-state index contributed by atoms with van der Waals surface area (Å²) < 4.78 is 6.94. The molecule has 122 valence electrons. The van der Waals surface area contributed by atoms with Crippen LogP contribution in [0.4, 0.5) is 0 Å². The minimum atomic E-state index is -0.383. The molecule has 1 aromatic carbocycles. The summed E-state index contributed by atoms with van der Waals surface area (Å²) in [6.07, 6.45) is 0. The third-order valence-corrected chi connectivity index (χ3v) is 3.76. The van der Waals surface area contributed by atoms with Gasteiger partial charge in [0.2, 0.25) is 0 Å². The highest BCUT2D eigenvalue weighted by molar-refractivity contribution is 5.95. The van der Waals surface area contributed by atoms with Crippen LogP contribution in [0.15, 0.2) is 30.3 Å². The van der Waals surface area contributed by atoms with Crippen LogP contribution in [-0.2, 0) is 16.1 Å². The summed E-state index contributed by atoms with van der Waals surface area (Å²) >= 11 is 0. The van der Waals surface area contributed by atoms with Gasteiger partial charge in [0.1, 0.15) is 6.54 Å². The number of nitrogens with zero attached hydrogens (tertiary/aromatic N) is 1. The highest BCUT2D eigenvalue weighted by Gasteiger charge is 2.25. The minimum absolute atomic E-state index is 0.0345. The number of hydrogen-bond donors (Lipinski definition) is 2. The number of ether oxygens (including phenoxy) is 1. The second-order valence-corrected chi connectivity index (χ2v) is 5.17. The van der Waals surface area contributed by atoms with E-state index in [1.165, 1.54) is 0 Å². The summed E-state index contributed by atoms with van der Waals surface area (Å²) in [5.74, 6) is 4.49. The van der Waals surface area contributed by atoms with Gasteiger partial charge in [-0.2, -0.15) is 0 Å². The molecule has 2 aromatic rings. The van der Waals surface area contributed by atoms with Crippen LogP contribution < -0.4 is 11.3 Å². The Bertz CT molecular complexity index is 720. The Kier molecular flexibility index (Phi) is 5.18. The van der Waals surface area contributed by atoms with Crippen molar-refractivity contribution < 1.29 is 14.3 Å². The molecule has 0 unspecified atom stereocenters. The Morgan fingerprint density at radius 3 is 2.43 bits per heavy atom. The molecule has 2 rings (SSSR count). The third kappa shape index (κ3) is 3.27. The smallest absolute Gasteiger partial charge is 0.340 e. The summed E-state index contributed by atoms with van der Waals surface area (Å²) in [7, 11) is 0. The molecule has 0 radical (unpaired) electrons. The number of amides is 1. The van der Waals surface area contributed by atoms with E-state index in [0.717, 1.165) is 16.8 Å². The molecule has 0 aliphatic carbocycles. The molecule has 0 aliphatic rings. The fourth-order valence-corrected chi connectivity index (χ4v) is 2.75. The van der Waals surface area contributed by atoms with Gasteiger partial charge in [0.05, 0.1) is 17.9 Å². The zero-order chi connectivity index (χ0) is 17.0. The number of nitrogens with one attached hydrogen (secondary N) is 1. The number of esters is 1. The topological polar surface area (TPSA) is 86.3 Å². The van der Waals surface area contributed by atoms with Crippen molar-refractivity contribution in [2.75, 3.05) is 6.61 Å². The highest BCUT2D eigenvalue weighted by Crippen LogP contribution is 2.31. The molecule has 0 atom stereocenters. The van der Waals surface area contributed by atoms with E-state index in [2.05, 4.69) is 5.43 Å². The van der Waals surface area contributed by atoms with Crippen LogP contribution in [0.5, 0.6) is 0 Å². The number of nitrogens with two attached hydrogens (primary N) is 1. The van der Waals surface area contributed by atoms with Crippen molar-refractivity contribution in [2.24, 2.45) is 5.84 Å². The van der Waals surface area contributed by atoms with Crippen molar-refractivity contribution in [2.45, 2.75) is 27.3 Å². The van der Waals surface area contributed by atoms with Crippen LogP contribution in [0.1, 0.15) is 28.5 Å². The van der Waals surface area contributed by atoms with Crippen molar-refractivity contribution in [3.8, 4) is 11.3 Å². The van der Waals surface area contributed by atoms with Crippen LogP contribution in [0.3, 0.4) is 0 Å². The number of benzene rings is 1. The van der Waals surface area contributed by atoms with Crippen molar-refractivity contribution in [3.05, 3.63) is 47.2 Å². The number of carbonyl (C=O) groups is 2. The van der Waals surface area contributed by atoms with Gasteiger partial charge in [-0.25, -0.2) is 10.6 Å². The molecule has 1 aromatic heterocycles. The number of hydrazine groups is 1. The van der Waals surface area contributed by atoms with E-state index < -0.39 is 0 Å². The number of rotatable bonds is 5. The second kappa shape index (κ2) is 7.11. The molecule has 6 heteroatoms. The summed E-state index contributed by atoms with van der Waals surface area (Å²) in [6.45, 7) is 5.76. The van der Waals surface area contributed by atoms with Gasteiger partial charge in [-0.3, -0.25) is 10.2 Å². The predicted octanol–water partition coefficient (Wildman–Crippen LogP) is 1.94. The normalized spacial score (nSPS) is 10.4. The molecular formula is C17H21N3O3. The first kappa shape index (κ1) is 16.8. The fraction of sp³-hybridized carbons (Fsp3) is 0.294. The van der Waals surface area contributed by atoms with Crippen molar-refractivity contribution in [3.63, 3.8) is 0 Å². The summed E-state index contributed by atoms with van der Waals surface area (Å²) in [5, 5.41) is 0. The van der Waals surface area contributed by atoms with E-state index in [0.29, 0.717) is 17.9 Å². The minimum Gasteiger partial charge on any atom is -0.462 e. The quantitative estimate of drug-likeness (QED) is 0.382. The number of aromatic nitrogens is 1. The average molecular weight is 315 g/mol. The van der Waals surface area contributed by atoms with Crippen LogP contribution >= 0.6 is 0 Å². The second-order valence-electron chi connectivity index (χ2n) is 5.17. The predicted molar refractivity (Wildman–Crippen MR) is 87.6 cm³/mol. The molecular weight excluding hydrogens is 294 g/mol. The van der Waals surface area contributed by atoms with Gasteiger partial charge in [0.15, 0.2) is 0 Å². The third-order valence-electron chi connectivity index (χ3n) is 3.76. The Balaban J connectivity index is 2.65. The van der Waals surface area contributed by atoms with Crippen molar-refractivity contribution >= 4 is 11.9 Å². The summed E-state index contributed by atoms with van der Waals surface area (Å²) in [4.78, 5) is 24.0. The molecule has 0 bridgehead atoms. The van der Waals surface area contributed by atoms with Crippen LogP contribution in [0.2, 0.25) is 0 Å². The van der Waals surface area contributed by atoms with Gasteiger partial charge in [-0.1, -0.05) is 30.3 Å². The lowest BCUT2D eigenvalue weighted by Gasteiger charge is -2.11. The molecule has 23 heavy (non-hydrogen) atoms. The molecule has 0 saturated carbocycles. The Morgan fingerprint density at radius 1 is 1.22 bits per heavy atom. The first-order chi connectivity index (χ1) is 11.0. The van der Waals surface area contributed by atoms with Crippen molar-refractivity contribution in [1.82, 2.24) is 9.99 Å². The maximum Gasteiger partial charge on any atom is 0.340 e. The van der Waals surface area contributed by atoms with Crippen LogP contribution in [0, 0.1) is 13.8 Å². The lowest BCUT2D eigenvalue weighted by Crippen LogP contribution is -2.33. The lowest BCUT2D eigenvalue weighted by molar-refractivity contribution is -0.121. The van der Waals surface area contributed by atoms with E-state index in [-0.39, 0.29) is 18.4 Å². The molecule has 0 spiro atoms. The summed E-state index contributed by atoms with van der Waals surface area (Å²) in [6, 6.07) is 9.61. The molecule has 1 amide bonds. The summed E-state index contributed by atoms with van der Waals surface area (Å²) in [5.41, 5.74) is 5.83. The average Bonchev–Trinajstić information content (AvgIpc) is 2.79. The van der Waals surface area contributed by atoms with E-state index >= 15 is 0 Å². The monoisotopic (exact) mass is 315 g/mol. The zero-order valence-corrected chi connectivity index (χ0v) is 13.6. The SMILES string of the molecule is CCOC(=O)c1c(C)c(-c2ccccc2)n(CC(=O)NN)c1C. The standard InChI is InChI=1S/C17H21N3O3/c1-4-23-17(22)15-11(2)16(13-8-6-5-7-9-13)20(12(15)3)10-14(21)19-18/h5-9H,4,10,18H2,1-3H3,(H,19,21). The largest absolute Gasteiger partial charge is 0.462 e. The first-order valence-electron chi connectivity index (χ1n) is 7.42. The maximum atomic E-state index is 12.3. The van der Waals surface area contributed by atoms with E-state index in [1.807, 2.05) is 37.3 Å². The van der Waals surface area contributed by atoms with Gasteiger partial charge >= 0.3 is 5.97 Å². The molecule has 6 nitrogen and oxygen atoms in total. The number of carbonyl (C=O) groups excluding carboxylic acids is 2. The maximum absolute atomic E-state index is 12.3. The van der Waals surface area contributed by atoms with E-state index in [9.17, 15) is 9.59 Å².